The van der Waals surface area contributed by atoms with Gasteiger partial charge in [0.1, 0.15) is 12.2 Å². The summed E-state index contributed by atoms with van der Waals surface area (Å²) in [6, 6.07) is 3.53. The van der Waals surface area contributed by atoms with Gasteiger partial charge in [-0.2, -0.15) is 0 Å². The van der Waals surface area contributed by atoms with Crippen molar-refractivity contribution in [1.82, 2.24) is 0 Å². The first-order valence-corrected chi connectivity index (χ1v) is 6.09. The predicted octanol–water partition coefficient (Wildman–Crippen LogP) is 2.20. The van der Waals surface area contributed by atoms with Gasteiger partial charge in [-0.25, -0.2) is 0 Å². The molecule has 0 radical (unpaired) electrons. The van der Waals surface area contributed by atoms with Crippen molar-refractivity contribution in [1.29, 1.82) is 0 Å². The lowest BCUT2D eigenvalue weighted by molar-refractivity contribution is -0.145. The Balaban J connectivity index is 2.75. The molecule has 0 atom stereocenters. The molecule has 0 aliphatic heterocycles. The second-order valence-electron chi connectivity index (χ2n) is 4.10. The molecule has 104 valence electrons. The van der Waals surface area contributed by atoms with Gasteiger partial charge in [0, 0.05) is 5.69 Å². The average molecular weight is 265 g/mol. The lowest BCUT2D eigenvalue weighted by atomic mass is 10.1. The van der Waals surface area contributed by atoms with Gasteiger partial charge in [0.15, 0.2) is 0 Å². The van der Waals surface area contributed by atoms with Crippen molar-refractivity contribution in [2.75, 3.05) is 19.0 Å². The van der Waals surface area contributed by atoms with Crippen LogP contribution in [-0.4, -0.2) is 25.6 Å². The molecule has 1 aromatic rings. The van der Waals surface area contributed by atoms with Gasteiger partial charge in [-0.15, -0.1) is 0 Å². The third-order valence-corrected chi connectivity index (χ3v) is 2.84. The fourth-order valence-electron chi connectivity index (χ4n) is 1.69. The fraction of sp³-hybridized carbons (Fsp3) is 0.429. The van der Waals surface area contributed by atoms with Crippen molar-refractivity contribution in [3.05, 3.63) is 23.3 Å². The quantitative estimate of drug-likeness (QED) is 0.655. The zero-order chi connectivity index (χ0) is 14.4. The smallest absolute Gasteiger partial charge is 0.315 e. The topological polar surface area (TPSA) is 64.6 Å². The number of hydrogen-bond donors (Lipinski definition) is 1. The third kappa shape index (κ3) is 3.98. The molecule has 1 aromatic carbocycles. The zero-order valence-electron chi connectivity index (χ0n) is 11.7. The molecule has 0 aliphatic carbocycles. The van der Waals surface area contributed by atoms with Crippen molar-refractivity contribution in [2.24, 2.45) is 0 Å². The Bertz CT molecular complexity index is 483. The van der Waals surface area contributed by atoms with Crippen LogP contribution >= 0.6 is 0 Å². The second kappa shape index (κ2) is 6.78. The maximum absolute atomic E-state index is 11.7. The molecule has 0 fully saturated rings. The van der Waals surface area contributed by atoms with E-state index >= 15 is 0 Å². The molecule has 0 aliphatic rings. The SMILES string of the molecule is CCOC(=O)CC(=O)Nc1ccc(OC)c(C)c1C. The molecule has 1 amide bonds. The van der Waals surface area contributed by atoms with Gasteiger partial charge in [-0.1, -0.05) is 0 Å². The maximum Gasteiger partial charge on any atom is 0.315 e. The van der Waals surface area contributed by atoms with Gasteiger partial charge < -0.3 is 14.8 Å². The summed E-state index contributed by atoms with van der Waals surface area (Å²) in [6.07, 6.45) is -0.279. The summed E-state index contributed by atoms with van der Waals surface area (Å²) in [4.78, 5) is 22.9. The number of ether oxygens (including phenoxy) is 2. The van der Waals surface area contributed by atoms with Crippen LogP contribution in [0.1, 0.15) is 24.5 Å². The average Bonchev–Trinajstić information content (AvgIpc) is 2.35. The molecule has 5 heteroatoms. The van der Waals surface area contributed by atoms with E-state index in [4.69, 9.17) is 9.47 Å². The van der Waals surface area contributed by atoms with Crippen LogP contribution in [0.3, 0.4) is 0 Å². The highest BCUT2D eigenvalue weighted by Crippen LogP contribution is 2.27. The maximum atomic E-state index is 11.7. The molecule has 0 saturated carbocycles. The Hall–Kier alpha value is -2.04. The van der Waals surface area contributed by atoms with Crippen molar-refractivity contribution in [3.8, 4) is 5.75 Å². The van der Waals surface area contributed by atoms with E-state index in [2.05, 4.69) is 5.32 Å². The van der Waals surface area contributed by atoms with Crippen LogP contribution in [0.25, 0.3) is 0 Å². The third-order valence-electron chi connectivity index (χ3n) is 2.84. The van der Waals surface area contributed by atoms with Crippen molar-refractivity contribution in [3.63, 3.8) is 0 Å². The molecule has 5 nitrogen and oxygen atoms in total. The highest BCUT2D eigenvalue weighted by atomic mass is 16.5. The molecular formula is C14H19NO4. The Morgan fingerprint density at radius 1 is 1.21 bits per heavy atom. The predicted molar refractivity (Wildman–Crippen MR) is 72.3 cm³/mol. The summed E-state index contributed by atoms with van der Waals surface area (Å²) in [6.45, 7) is 5.77. The monoisotopic (exact) mass is 265 g/mol. The van der Waals surface area contributed by atoms with Gasteiger partial charge in [0.25, 0.3) is 0 Å². The van der Waals surface area contributed by atoms with Gasteiger partial charge >= 0.3 is 5.97 Å². The molecule has 0 heterocycles. The van der Waals surface area contributed by atoms with Crippen molar-refractivity contribution < 1.29 is 19.1 Å². The summed E-state index contributed by atoms with van der Waals surface area (Å²) < 4.78 is 9.92. The minimum Gasteiger partial charge on any atom is -0.496 e. The molecular weight excluding hydrogens is 246 g/mol. The first-order chi connectivity index (χ1) is 8.99. The van der Waals surface area contributed by atoms with Crippen LogP contribution in [0, 0.1) is 13.8 Å². The normalized spacial score (nSPS) is 9.89. The summed E-state index contributed by atoms with van der Waals surface area (Å²) in [5.74, 6) is -0.144. The Morgan fingerprint density at radius 3 is 2.47 bits per heavy atom. The number of methoxy groups -OCH3 is 1. The minimum atomic E-state index is -0.525. The zero-order valence-corrected chi connectivity index (χ0v) is 11.7. The molecule has 1 rings (SSSR count). The summed E-state index contributed by atoms with van der Waals surface area (Å²) in [5, 5.41) is 2.70. The van der Waals surface area contributed by atoms with Crippen LogP contribution in [0.5, 0.6) is 5.75 Å². The Labute approximate surface area is 112 Å². The largest absolute Gasteiger partial charge is 0.496 e. The molecule has 0 unspecified atom stereocenters. The number of rotatable bonds is 5. The summed E-state index contributed by atoms with van der Waals surface area (Å²) in [7, 11) is 1.60. The summed E-state index contributed by atoms with van der Waals surface area (Å²) in [5.41, 5.74) is 2.54. The van der Waals surface area contributed by atoms with Crippen LogP contribution in [0.15, 0.2) is 12.1 Å². The molecule has 0 spiro atoms. The van der Waals surface area contributed by atoms with E-state index in [9.17, 15) is 9.59 Å². The van der Waals surface area contributed by atoms with Crippen LogP contribution in [0.4, 0.5) is 5.69 Å². The number of anilines is 1. The van der Waals surface area contributed by atoms with Gasteiger partial charge in [0.05, 0.1) is 13.7 Å². The lowest BCUT2D eigenvalue weighted by Crippen LogP contribution is -2.18. The standard InChI is InChI=1S/C14H19NO4/c1-5-19-14(17)8-13(16)15-11-6-7-12(18-4)10(3)9(11)2/h6-7H,5,8H2,1-4H3,(H,15,16). The first kappa shape index (κ1) is 15.0. The van der Waals surface area contributed by atoms with Crippen molar-refractivity contribution >= 4 is 17.6 Å². The highest BCUT2D eigenvalue weighted by Gasteiger charge is 2.13. The van der Waals surface area contributed by atoms with Crippen LogP contribution < -0.4 is 10.1 Å². The number of esters is 1. The summed E-state index contributed by atoms with van der Waals surface area (Å²) >= 11 is 0. The van der Waals surface area contributed by atoms with Gasteiger partial charge in [-0.3, -0.25) is 9.59 Å². The van der Waals surface area contributed by atoms with Gasteiger partial charge in [0.2, 0.25) is 5.91 Å². The molecule has 19 heavy (non-hydrogen) atoms. The number of benzene rings is 1. The van der Waals surface area contributed by atoms with Crippen LogP contribution in [-0.2, 0) is 14.3 Å². The number of hydrogen-bond acceptors (Lipinski definition) is 4. The number of nitrogens with one attached hydrogen (secondary N) is 1. The highest BCUT2D eigenvalue weighted by molar-refractivity contribution is 6.02. The number of carbonyl (C=O) groups excluding carboxylic acids is 2. The number of carbonyl (C=O) groups is 2. The lowest BCUT2D eigenvalue weighted by Gasteiger charge is -2.13. The Morgan fingerprint density at radius 2 is 1.89 bits per heavy atom. The fourth-order valence-corrected chi connectivity index (χ4v) is 1.69. The van der Waals surface area contributed by atoms with E-state index < -0.39 is 5.97 Å². The molecule has 1 N–H and O–H groups in total. The van der Waals surface area contributed by atoms with Crippen LogP contribution in [0.2, 0.25) is 0 Å². The van der Waals surface area contributed by atoms with E-state index in [0.717, 1.165) is 16.9 Å². The molecule has 0 bridgehead atoms. The van der Waals surface area contributed by atoms with E-state index in [1.54, 1.807) is 26.2 Å². The first-order valence-electron chi connectivity index (χ1n) is 6.09. The molecule has 0 saturated heterocycles. The number of amides is 1. The molecule has 0 aromatic heterocycles. The Kier molecular flexibility index (Phi) is 5.36. The second-order valence-corrected chi connectivity index (χ2v) is 4.10. The van der Waals surface area contributed by atoms with E-state index in [0.29, 0.717) is 5.69 Å². The minimum absolute atomic E-state index is 0.271. The van der Waals surface area contributed by atoms with Gasteiger partial charge in [-0.05, 0) is 44.0 Å². The van der Waals surface area contributed by atoms with E-state index in [1.807, 2.05) is 13.8 Å². The van der Waals surface area contributed by atoms with E-state index in [1.165, 1.54) is 0 Å². The van der Waals surface area contributed by atoms with E-state index in [-0.39, 0.29) is 18.9 Å². The van der Waals surface area contributed by atoms with Crippen molar-refractivity contribution in [2.45, 2.75) is 27.2 Å².